The topological polar surface area (TPSA) is 128 Å². The van der Waals surface area contributed by atoms with Crippen molar-refractivity contribution in [2.45, 2.75) is 25.8 Å². The molecule has 0 bridgehead atoms. The molecule has 0 aliphatic carbocycles. The van der Waals surface area contributed by atoms with Crippen molar-refractivity contribution in [2.24, 2.45) is 0 Å². The van der Waals surface area contributed by atoms with Gasteiger partial charge in [0.15, 0.2) is 5.84 Å². The van der Waals surface area contributed by atoms with Gasteiger partial charge < -0.3 is 19.7 Å². The number of anilines is 1. The van der Waals surface area contributed by atoms with E-state index in [1.165, 1.54) is 24.1 Å². The number of carbonyl (C=O) groups excluding carboxylic acids is 2. The zero-order valence-electron chi connectivity index (χ0n) is 17.2. The second-order valence-corrected chi connectivity index (χ2v) is 6.53. The number of nitrogens with zero attached hydrogens (tertiary/aromatic N) is 2. The average molecular weight is 429 g/mol. The Bertz CT molecular complexity index is 953. The summed E-state index contributed by atoms with van der Waals surface area (Å²) in [5, 5.41) is 18.5. The number of hydrogen-bond acceptors (Lipinski definition) is 7. The Morgan fingerprint density at radius 2 is 2.13 bits per heavy atom. The van der Waals surface area contributed by atoms with Crippen LogP contribution in [-0.2, 0) is 9.53 Å². The lowest BCUT2D eigenvalue weighted by Gasteiger charge is -2.26. The van der Waals surface area contributed by atoms with E-state index in [0.717, 1.165) is 12.4 Å². The fourth-order valence-electron chi connectivity index (χ4n) is 2.85. The van der Waals surface area contributed by atoms with E-state index in [1.807, 2.05) is 6.92 Å². The van der Waals surface area contributed by atoms with E-state index in [0.29, 0.717) is 30.8 Å². The average Bonchev–Trinajstić information content (AvgIpc) is 2.77. The van der Waals surface area contributed by atoms with Gasteiger partial charge in [0.2, 0.25) is 6.41 Å². The molecule has 2 rings (SSSR count). The van der Waals surface area contributed by atoms with Crippen LogP contribution >= 0.6 is 0 Å². The molecule has 3 N–H and O–H groups in total. The van der Waals surface area contributed by atoms with Gasteiger partial charge in [0, 0.05) is 6.04 Å². The minimum absolute atomic E-state index is 0.00772. The molecule has 2 aromatic rings. The fraction of sp³-hybridized carbons (Fsp3) is 0.286. The molecule has 9 nitrogen and oxygen atoms in total. The summed E-state index contributed by atoms with van der Waals surface area (Å²) in [6.45, 7) is 2.10. The number of benzene rings is 1. The standard InChI is InChI=1S/C21H24FN5O4/c1-14(27(12-23)20(24)17-6-3-7-19(26-17)25-13-28)5-4-10-31-18-9-8-15(22)11-16(18)21(29)30-2/h3,6-9,11-14,23-24H,4-5,10H2,1-2H3,(H,25,26,28). The van der Waals surface area contributed by atoms with Crippen LogP contribution in [0.25, 0.3) is 0 Å². The van der Waals surface area contributed by atoms with Gasteiger partial charge in [-0.25, -0.2) is 14.2 Å². The van der Waals surface area contributed by atoms with Crippen LogP contribution in [0, 0.1) is 16.6 Å². The Kier molecular flexibility index (Phi) is 8.62. The largest absolute Gasteiger partial charge is 0.493 e. The Labute approximate surface area is 179 Å². The summed E-state index contributed by atoms with van der Waals surface area (Å²) in [7, 11) is 1.21. The van der Waals surface area contributed by atoms with Crippen LogP contribution in [0.3, 0.4) is 0 Å². The number of carbonyl (C=O) groups is 2. The summed E-state index contributed by atoms with van der Waals surface area (Å²) < 4.78 is 23.7. The molecule has 0 radical (unpaired) electrons. The maximum atomic E-state index is 13.4. The lowest BCUT2D eigenvalue weighted by Crippen LogP contribution is -2.38. The third-order valence-corrected chi connectivity index (χ3v) is 4.44. The molecule has 1 aromatic carbocycles. The number of nitrogens with one attached hydrogen (secondary N) is 3. The maximum Gasteiger partial charge on any atom is 0.341 e. The minimum Gasteiger partial charge on any atom is -0.493 e. The van der Waals surface area contributed by atoms with E-state index in [9.17, 15) is 14.0 Å². The van der Waals surface area contributed by atoms with Crippen molar-refractivity contribution in [3.63, 3.8) is 0 Å². The summed E-state index contributed by atoms with van der Waals surface area (Å²) >= 11 is 0. The minimum atomic E-state index is -0.690. The molecule has 10 heteroatoms. The van der Waals surface area contributed by atoms with Crippen LogP contribution < -0.4 is 10.1 Å². The number of halogens is 1. The smallest absolute Gasteiger partial charge is 0.341 e. The molecule has 31 heavy (non-hydrogen) atoms. The normalized spacial score (nSPS) is 11.2. The van der Waals surface area contributed by atoms with E-state index in [2.05, 4.69) is 15.0 Å². The predicted octanol–water partition coefficient (Wildman–Crippen LogP) is 3.06. The number of ether oxygens (including phenoxy) is 2. The number of aromatic nitrogens is 1. The van der Waals surface area contributed by atoms with Gasteiger partial charge in [0.25, 0.3) is 0 Å². The number of rotatable bonds is 11. The molecule has 1 heterocycles. The van der Waals surface area contributed by atoms with Crippen molar-refractivity contribution >= 4 is 30.4 Å². The summed E-state index contributed by atoms with van der Waals surface area (Å²) in [5.41, 5.74) is 0.320. The number of amidine groups is 1. The first-order chi connectivity index (χ1) is 14.9. The third-order valence-electron chi connectivity index (χ3n) is 4.44. The lowest BCUT2D eigenvalue weighted by atomic mass is 10.1. The van der Waals surface area contributed by atoms with Crippen molar-refractivity contribution in [3.8, 4) is 5.75 Å². The molecule has 1 atom stereocenters. The number of pyridine rings is 1. The van der Waals surface area contributed by atoms with Crippen molar-refractivity contribution in [1.82, 2.24) is 9.88 Å². The quantitative estimate of drug-likeness (QED) is 0.166. The van der Waals surface area contributed by atoms with Gasteiger partial charge in [-0.3, -0.25) is 15.6 Å². The highest BCUT2D eigenvalue weighted by molar-refractivity contribution is 6.01. The van der Waals surface area contributed by atoms with Crippen LogP contribution in [0.5, 0.6) is 5.75 Å². The van der Waals surface area contributed by atoms with Gasteiger partial charge in [0.05, 0.1) is 20.1 Å². The summed E-state index contributed by atoms with van der Waals surface area (Å²) in [4.78, 5) is 28.0. The molecular weight excluding hydrogens is 405 g/mol. The zero-order chi connectivity index (χ0) is 22.8. The first-order valence-corrected chi connectivity index (χ1v) is 9.47. The molecule has 1 unspecified atom stereocenters. The second-order valence-electron chi connectivity index (χ2n) is 6.53. The Hall–Kier alpha value is -3.82. The molecule has 1 aromatic heterocycles. The highest BCUT2D eigenvalue weighted by atomic mass is 19.1. The van der Waals surface area contributed by atoms with Crippen LogP contribution in [-0.4, -0.2) is 54.2 Å². The van der Waals surface area contributed by atoms with Crippen molar-refractivity contribution < 1.29 is 23.5 Å². The molecule has 164 valence electrons. The fourth-order valence-corrected chi connectivity index (χ4v) is 2.85. The van der Waals surface area contributed by atoms with Crippen LogP contribution in [0.15, 0.2) is 36.4 Å². The number of hydrogen-bond donors (Lipinski definition) is 3. The van der Waals surface area contributed by atoms with E-state index < -0.39 is 11.8 Å². The van der Waals surface area contributed by atoms with Gasteiger partial charge in [-0.1, -0.05) is 6.07 Å². The molecule has 1 amide bonds. The Morgan fingerprint density at radius 1 is 1.35 bits per heavy atom. The Balaban J connectivity index is 1.95. The van der Waals surface area contributed by atoms with Crippen LogP contribution in [0.1, 0.15) is 35.8 Å². The van der Waals surface area contributed by atoms with E-state index >= 15 is 0 Å². The summed E-state index contributed by atoms with van der Waals surface area (Å²) in [6, 6.07) is 8.28. The van der Waals surface area contributed by atoms with Crippen molar-refractivity contribution in [2.75, 3.05) is 19.0 Å². The molecule has 0 aliphatic rings. The first-order valence-electron chi connectivity index (χ1n) is 9.47. The number of amides is 1. The zero-order valence-corrected chi connectivity index (χ0v) is 17.2. The van der Waals surface area contributed by atoms with Crippen molar-refractivity contribution in [1.29, 1.82) is 10.8 Å². The Morgan fingerprint density at radius 3 is 2.81 bits per heavy atom. The summed E-state index contributed by atoms with van der Waals surface area (Å²) in [6.07, 6.45) is 2.67. The van der Waals surface area contributed by atoms with Gasteiger partial charge >= 0.3 is 5.97 Å². The van der Waals surface area contributed by atoms with E-state index in [4.69, 9.17) is 15.6 Å². The molecule has 0 saturated carbocycles. The monoisotopic (exact) mass is 429 g/mol. The third kappa shape index (κ3) is 6.33. The van der Waals surface area contributed by atoms with Gasteiger partial charge in [0.1, 0.15) is 28.6 Å². The highest BCUT2D eigenvalue weighted by Gasteiger charge is 2.19. The highest BCUT2D eigenvalue weighted by Crippen LogP contribution is 2.21. The molecular formula is C21H24FN5O4. The van der Waals surface area contributed by atoms with Gasteiger partial charge in [-0.05, 0) is 50.1 Å². The number of methoxy groups -OCH3 is 1. The molecule has 0 aliphatic heterocycles. The summed E-state index contributed by atoms with van der Waals surface area (Å²) in [5.74, 6) is -0.706. The lowest BCUT2D eigenvalue weighted by molar-refractivity contribution is -0.105. The second kappa shape index (κ2) is 11.4. The predicted molar refractivity (Wildman–Crippen MR) is 113 cm³/mol. The van der Waals surface area contributed by atoms with E-state index in [1.54, 1.807) is 18.2 Å². The molecule has 0 saturated heterocycles. The first kappa shape index (κ1) is 23.5. The van der Waals surface area contributed by atoms with Crippen LogP contribution in [0.2, 0.25) is 0 Å². The van der Waals surface area contributed by atoms with Gasteiger partial charge in [-0.2, -0.15) is 0 Å². The number of esters is 1. The maximum absolute atomic E-state index is 13.4. The molecule has 0 fully saturated rings. The SMILES string of the molecule is COC(=O)c1cc(F)ccc1OCCCC(C)N(C=N)C(=N)c1cccc(NC=O)n1. The van der Waals surface area contributed by atoms with Crippen molar-refractivity contribution in [3.05, 3.63) is 53.5 Å². The van der Waals surface area contributed by atoms with Gasteiger partial charge in [-0.15, -0.1) is 0 Å². The van der Waals surface area contributed by atoms with E-state index in [-0.39, 0.29) is 29.8 Å². The van der Waals surface area contributed by atoms with Crippen LogP contribution in [0.4, 0.5) is 10.2 Å². The molecule has 0 spiro atoms.